The number of aryl methyl sites for hydroxylation is 2. The summed E-state index contributed by atoms with van der Waals surface area (Å²) in [7, 11) is 0. The quantitative estimate of drug-likeness (QED) is 0.153. The number of benzene rings is 10. The van der Waals surface area contributed by atoms with Crippen LogP contribution in [0.1, 0.15) is 11.1 Å². The maximum absolute atomic E-state index is 5.41. The van der Waals surface area contributed by atoms with E-state index in [9.17, 15) is 0 Å². The largest absolute Gasteiger partial charge is 0.309 e. The van der Waals surface area contributed by atoms with E-state index in [2.05, 4.69) is 223 Å². The third-order valence-corrected chi connectivity index (χ3v) is 13.7. The van der Waals surface area contributed by atoms with Crippen LogP contribution in [0.5, 0.6) is 0 Å². The first-order chi connectivity index (χ1) is 34.5. The molecule has 0 amide bonds. The standard InChI is InChI=1S/C65H45N5/c1-42-16-14-22-46(36-42)49-28-33-55-56-34-29-50(47-23-15-17-43(2)37-47)41-62(56)70(61(55)40-49)59-35-31-48(51-30-32-54-53-26-12-13-27-58(53)69(60(54)39-51)52-24-10-5-11-25-52)38-57(59)65-67-63(44-18-6-3-7-19-44)66-64(68-65)45-20-8-4-9-21-45/h3-41H,1-2H3. The van der Waals surface area contributed by atoms with Gasteiger partial charge in [0.1, 0.15) is 0 Å². The summed E-state index contributed by atoms with van der Waals surface area (Å²) in [6, 6.07) is 84.8. The molecule has 330 valence electrons. The van der Waals surface area contributed by atoms with Crippen LogP contribution in [0, 0.1) is 13.8 Å². The molecule has 0 N–H and O–H groups in total. The Morgan fingerprint density at radius 1 is 0.271 bits per heavy atom. The van der Waals surface area contributed by atoms with Crippen LogP contribution in [0.3, 0.4) is 0 Å². The summed E-state index contributed by atoms with van der Waals surface area (Å²) >= 11 is 0. The predicted octanol–water partition coefficient (Wildman–Crippen LogP) is 16.7. The average Bonchev–Trinajstić information content (AvgIpc) is 3.93. The molecule has 5 heteroatoms. The molecule has 70 heavy (non-hydrogen) atoms. The SMILES string of the molecule is Cc1cccc(-c2ccc3c4ccc(-c5cccc(C)c5)cc4n(-c4ccc(-c5ccc6c7ccccc7n(-c7ccccc7)c6c5)cc4-c4nc(-c5ccccc5)nc(-c5ccccc5)n4)c3c2)c1. The Labute approximate surface area is 406 Å². The lowest BCUT2D eigenvalue weighted by Crippen LogP contribution is -2.04. The molecule has 0 bridgehead atoms. The fraction of sp³-hybridized carbons (Fsp3) is 0.0308. The number of nitrogens with zero attached hydrogens (tertiary/aromatic N) is 5. The summed E-state index contributed by atoms with van der Waals surface area (Å²) in [5.74, 6) is 1.81. The Bertz CT molecular complexity index is 3970. The van der Waals surface area contributed by atoms with Crippen LogP contribution in [0.2, 0.25) is 0 Å². The van der Waals surface area contributed by atoms with Gasteiger partial charge in [0.2, 0.25) is 0 Å². The lowest BCUT2D eigenvalue weighted by atomic mass is 9.99. The van der Waals surface area contributed by atoms with Gasteiger partial charge in [0, 0.05) is 43.9 Å². The van der Waals surface area contributed by atoms with Crippen molar-refractivity contribution in [2.45, 2.75) is 13.8 Å². The van der Waals surface area contributed by atoms with Crippen molar-refractivity contribution in [1.29, 1.82) is 0 Å². The van der Waals surface area contributed by atoms with Gasteiger partial charge in [-0.15, -0.1) is 0 Å². The monoisotopic (exact) mass is 895 g/mol. The molecular weight excluding hydrogens is 851 g/mol. The first-order valence-corrected chi connectivity index (χ1v) is 23.8. The van der Waals surface area contributed by atoms with Crippen LogP contribution >= 0.6 is 0 Å². The van der Waals surface area contributed by atoms with Crippen LogP contribution in [0.15, 0.2) is 237 Å². The summed E-state index contributed by atoms with van der Waals surface area (Å²) in [6.45, 7) is 4.31. The Kier molecular flexibility index (Phi) is 9.88. The molecule has 0 aliphatic rings. The normalized spacial score (nSPS) is 11.6. The Balaban J connectivity index is 1.12. The molecule has 0 saturated carbocycles. The van der Waals surface area contributed by atoms with Crippen molar-refractivity contribution in [3.05, 3.63) is 248 Å². The molecule has 0 saturated heterocycles. The summed E-state index contributed by atoms with van der Waals surface area (Å²) in [4.78, 5) is 16.0. The van der Waals surface area contributed by atoms with Gasteiger partial charge in [0.25, 0.3) is 0 Å². The molecule has 3 heterocycles. The lowest BCUT2D eigenvalue weighted by Gasteiger charge is -2.17. The van der Waals surface area contributed by atoms with Gasteiger partial charge in [-0.25, -0.2) is 15.0 Å². The highest BCUT2D eigenvalue weighted by molar-refractivity contribution is 6.12. The summed E-state index contributed by atoms with van der Waals surface area (Å²) in [5.41, 5.74) is 18.6. The van der Waals surface area contributed by atoms with E-state index >= 15 is 0 Å². The minimum absolute atomic E-state index is 0.587. The van der Waals surface area contributed by atoms with Crippen LogP contribution in [0.4, 0.5) is 0 Å². The van der Waals surface area contributed by atoms with E-state index < -0.39 is 0 Å². The smallest absolute Gasteiger partial charge is 0.166 e. The van der Waals surface area contributed by atoms with Crippen molar-refractivity contribution in [2.75, 3.05) is 0 Å². The van der Waals surface area contributed by atoms with Gasteiger partial charge in [-0.05, 0) is 95.8 Å². The van der Waals surface area contributed by atoms with E-state index in [0.29, 0.717) is 17.5 Å². The number of aromatic nitrogens is 5. The fourth-order valence-corrected chi connectivity index (χ4v) is 10.3. The predicted molar refractivity (Wildman–Crippen MR) is 291 cm³/mol. The van der Waals surface area contributed by atoms with Crippen LogP contribution < -0.4 is 0 Å². The first kappa shape index (κ1) is 41.0. The minimum atomic E-state index is 0.587. The van der Waals surface area contributed by atoms with Crippen molar-refractivity contribution in [1.82, 2.24) is 24.1 Å². The zero-order valence-corrected chi connectivity index (χ0v) is 38.8. The number of para-hydroxylation sites is 2. The van der Waals surface area contributed by atoms with E-state index in [4.69, 9.17) is 15.0 Å². The van der Waals surface area contributed by atoms with Crippen molar-refractivity contribution in [3.63, 3.8) is 0 Å². The molecule has 13 rings (SSSR count). The van der Waals surface area contributed by atoms with Gasteiger partial charge in [0.05, 0.1) is 27.8 Å². The van der Waals surface area contributed by atoms with Gasteiger partial charge in [-0.1, -0.05) is 199 Å². The number of hydrogen-bond acceptors (Lipinski definition) is 3. The Morgan fingerprint density at radius 3 is 1.20 bits per heavy atom. The molecule has 10 aromatic carbocycles. The maximum Gasteiger partial charge on any atom is 0.166 e. The van der Waals surface area contributed by atoms with Crippen LogP contribution in [-0.4, -0.2) is 24.1 Å². The molecule has 0 aliphatic heterocycles. The van der Waals surface area contributed by atoms with E-state index in [0.717, 1.165) is 66.9 Å². The maximum atomic E-state index is 5.41. The molecule has 0 fully saturated rings. The highest BCUT2D eigenvalue weighted by Crippen LogP contribution is 2.42. The minimum Gasteiger partial charge on any atom is -0.309 e. The van der Waals surface area contributed by atoms with E-state index in [1.165, 1.54) is 49.3 Å². The van der Waals surface area contributed by atoms with Crippen LogP contribution in [-0.2, 0) is 0 Å². The zero-order valence-electron chi connectivity index (χ0n) is 38.8. The van der Waals surface area contributed by atoms with Crippen molar-refractivity contribution in [2.24, 2.45) is 0 Å². The molecule has 0 unspecified atom stereocenters. The van der Waals surface area contributed by atoms with Crippen molar-refractivity contribution < 1.29 is 0 Å². The molecular formula is C65H45N5. The molecule has 0 radical (unpaired) electrons. The summed E-state index contributed by atoms with van der Waals surface area (Å²) in [6.07, 6.45) is 0. The average molecular weight is 896 g/mol. The van der Waals surface area contributed by atoms with Gasteiger partial charge < -0.3 is 9.13 Å². The lowest BCUT2D eigenvalue weighted by molar-refractivity contribution is 1.06. The zero-order chi connectivity index (χ0) is 46.7. The second-order valence-electron chi connectivity index (χ2n) is 18.2. The first-order valence-electron chi connectivity index (χ1n) is 23.8. The van der Waals surface area contributed by atoms with Crippen LogP contribution in [0.25, 0.3) is 123 Å². The van der Waals surface area contributed by atoms with Gasteiger partial charge >= 0.3 is 0 Å². The molecule has 13 aromatic rings. The third-order valence-electron chi connectivity index (χ3n) is 13.7. The van der Waals surface area contributed by atoms with E-state index in [1.54, 1.807) is 0 Å². The highest BCUT2D eigenvalue weighted by Gasteiger charge is 2.22. The van der Waals surface area contributed by atoms with E-state index in [-0.39, 0.29) is 0 Å². The van der Waals surface area contributed by atoms with Gasteiger partial charge in [-0.2, -0.15) is 0 Å². The Hall–Kier alpha value is -9.19. The molecule has 3 aromatic heterocycles. The summed E-state index contributed by atoms with van der Waals surface area (Å²) < 4.78 is 4.82. The molecule has 5 nitrogen and oxygen atoms in total. The number of fused-ring (bicyclic) bond motifs is 6. The Morgan fingerprint density at radius 2 is 0.671 bits per heavy atom. The molecule has 0 spiro atoms. The molecule has 0 aliphatic carbocycles. The van der Waals surface area contributed by atoms with Crippen molar-refractivity contribution >= 4 is 43.6 Å². The summed E-state index contributed by atoms with van der Waals surface area (Å²) in [5, 5.41) is 4.76. The third kappa shape index (κ3) is 7.15. The fourth-order valence-electron chi connectivity index (χ4n) is 10.3. The van der Waals surface area contributed by atoms with Gasteiger partial charge in [0.15, 0.2) is 17.5 Å². The number of hydrogen-bond donors (Lipinski definition) is 0. The second kappa shape index (κ2) is 16.8. The second-order valence-corrected chi connectivity index (χ2v) is 18.2. The van der Waals surface area contributed by atoms with Crippen molar-refractivity contribution in [3.8, 4) is 78.9 Å². The number of rotatable bonds is 8. The van der Waals surface area contributed by atoms with Gasteiger partial charge in [-0.3, -0.25) is 0 Å². The highest BCUT2D eigenvalue weighted by atomic mass is 15.1. The topological polar surface area (TPSA) is 48.5 Å². The van der Waals surface area contributed by atoms with E-state index in [1.807, 2.05) is 36.4 Å². The molecule has 0 atom stereocenters.